The van der Waals surface area contributed by atoms with E-state index in [9.17, 15) is 28.8 Å². The lowest BCUT2D eigenvalue weighted by atomic mass is 9.93. The molecule has 42 heavy (non-hydrogen) atoms. The zero-order chi connectivity index (χ0) is 32.3. The molecule has 0 radical (unpaired) electrons. The number of nitrogens with zero attached hydrogens (tertiary/aromatic N) is 3. The highest BCUT2D eigenvalue weighted by Gasteiger charge is 2.19. The molecule has 0 atom stereocenters. The highest BCUT2D eigenvalue weighted by atomic mass is 16.6. The molecule has 1 rings (SSSR count). The Morgan fingerprint density at radius 3 is 0.905 bits per heavy atom. The fourth-order valence-electron chi connectivity index (χ4n) is 3.02. The van der Waals surface area contributed by atoms with E-state index in [1.165, 1.54) is 0 Å². The van der Waals surface area contributed by atoms with Crippen LogP contribution in [0.3, 0.4) is 0 Å². The van der Waals surface area contributed by atoms with Crippen LogP contribution < -0.4 is 33.0 Å². The van der Waals surface area contributed by atoms with Gasteiger partial charge in [-0.1, -0.05) is 62.3 Å². The van der Waals surface area contributed by atoms with Crippen LogP contribution in [0.25, 0.3) is 0 Å². The predicted molar refractivity (Wildman–Crippen MR) is 155 cm³/mol. The molecule has 0 unspecified atom stereocenters. The molecule has 15 nitrogen and oxygen atoms in total. The minimum atomic E-state index is -1.11. The number of nitrogens with one attached hydrogen (secondary N) is 3. The Hall–Kier alpha value is -3.78. The van der Waals surface area contributed by atoms with Gasteiger partial charge in [0.2, 0.25) is 0 Å². The summed E-state index contributed by atoms with van der Waals surface area (Å²) in [5, 5.41) is 6.91. The van der Waals surface area contributed by atoms with E-state index in [0.717, 1.165) is 0 Å². The second-order valence-corrected chi connectivity index (χ2v) is 13.5. The lowest BCUT2D eigenvalue weighted by molar-refractivity contribution is 0.128. The van der Waals surface area contributed by atoms with Gasteiger partial charge in [-0.3, -0.25) is 0 Å². The van der Waals surface area contributed by atoms with Crippen molar-refractivity contribution in [2.24, 2.45) is 16.2 Å². The van der Waals surface area contributed by atoms with Crippen molar-refractivity contribution >= 4 is 18.3 Å². The van der Waals surface area contributed by atoms with Crippen LogP contribution in [0.4, 0.5) is 14.4 Å². The first kappa shape index (κ1) is 36.2. The Morgan fingerprint density at radius 1 is 0.500 bits per heavy atom. The Morgan fingerprint density at radius 2 is 0.714 bits per heavy atom. The van der Waals surface area contributed by atoms with Gasteiger partial charge in [0.25, 0.3) is 0 Å². The van der Waals surface area contributed by atoms with E-state index in [0.29, 0.717) is 33.0 Å². The smallest absolute Gasteiger partial charge is 0.408 e. The van der Waals surface area contributed by atoms with Crippen molar-refractivity contribution in [3.63, 3.8) is 0 Å². The number of ether oxygens (including phenoxy) is 3. The van der Waals surface area contributed by atoms with Crippen LogP contribution in [0.15, 0.2) is 14.4 Å². The molecular weight excluding hydrogens is 552 g/mol. The lowest BCUT2D eigenvalue weighted by Gasteiger charge is -2.19. The molecular formula is C27H48N6O9. The van der Waals surface area contributed by atoms with Crippen LogP contribution >= 0.6 is 0 Å². The summed E-state index contributed by atoms with van der Waals surface area (Å²) in [4.78, 5) is 75.7. The molecule has 0 aromatic carbocycles. The van der Waals surface area contributed by atoms with Gasteiger partial charge in [-0.05, 0) is 35.5 Å². The fraction of sp³-hybridized carbons (Fsp3) is 0.778. The molecule has 0 aliphatic heterocycles. The van der Waals surface area contributed by atoms with Crippen LogP contribution in [0, 0.1) is 16.2 Å². The molecule has 0 saturated heterocycles. The number of hydrogen-bond acceptors (Lipinski definition) is 9. The minimum Gasteiger partial charge on any atom is -0.450 e. The first-order chi connectivity index (χ1) is 19.2. The zero-order valence-electron chi connectivity index (χ0n) is 26.4. The highest BCUT2D eigenvalue weighted by molar-refractivity contribution is 5.67. The molecule has 1 heterocycles. The summed E-state index contributed by atoms with van der Waals surface area (Å²) < 4.78 is 17.0. The summed E-state index contributed by atoms with van der Waals surface area (Å²) in [6.45, 7) is 16.2. The first-order valence-electron chi connectivity index (χ1n) is 13.9. The third-order valence-electron chi connectivity index (χ3n) is 5.79. The topological polar surface area (TPSA) is 181 Å². The van der Waals surface area contributed by atoms with Crippen LogP contribution in [-0.2, 0) is 34.2 Å². The number of aromatic nitrogens is 3. The molecule has 0 aliphatic carbocycles. The summed E-state index contributed by atoms with van der Waals surface area (Å²) in [5.74, 6) is 0. The van der Waals surface area contributed by atoms with E-state index in [-0.39, 0.29) is 36.1 Å². The number of amides is 3. The number of alkyl carbamates (subject to hydrolysis) is 3. The van der Waals surface area contributed by atoms with Crippen molar-refractivity contribution in [1.82, 2.24) is 29.7 Å². The largest absolute Gasteiger partial charge is 0.450 e. The lowest BCUT2D eigenvalue weighted by Crippen LogP contribution is -2.58. The molecule has 0 saturated carbocycles. The minimum absolute atomic E-state index is 0.0811. The third kappa shape index (κ3) is 14.2. The number of hydrogen-bond donors (Lipinski definition) is 3. The fourth-order valence-corrected chi connectivity index (χ4v) is 3.02. The summed E-state index contributed by atoms with van der Waals surface area (Å²) in [7, 11) is 0. The maximum Gasteiger partial charge on any atom is 0.408 e. The quantitative estimate of drug-likeness (QED) is 0.304. The molecule has 0 bridgehead atoms. The van der Waals surface area contributed by atoms with E-state index < -0.39 is 55.4 Å². The van der Waals surface area contributed by atoms with Gasteiger partial charge in [0, 0.05) is 0 Å². The number of carbonyl (C=O) groups is 3. The molecule has 240 valence electrons. The molecule has 0 fully saturated rings. The Balaban J connectivity index is 3.13. The van der Waals surface area contributed by atoms with Crippen molar-refractivity contribution in [1.29, 1.82) is 0 Å². The first-order valence-corrected chi connectivity index (χ1v) is 13.9. The SMILES string of the molecule is CC(C)(C)CCOC(=O)NCn1c(=O)n(CNC(=O)OCCC(C)(C)C)c(=O)n(CNC(=O)OCCC(C)(C)C)c1=O. The highest BCUT2D eigenvalue weighted by Crippen LogP contribution is 2.19. The van der Waals surface area contributed by atoms with Gasteiger partial charge in [0.1, 0.15) is 20.0 Å². The molecule has 3 amide bonds. The molecule has 15 heteroatoms. The Bertz CT molecular complexity index is 1060. The average molecular weight is 601 g/mol. The molecule has 0 aliphatic rings. The van der Waals surface area contributed by atoms with E-state index >= 15 is 0 Å². The average Bonchev–Trinajstić information content (AvgIpc) is 2.81. The van der Waals surface area contributed by atoms with Crippen molar-refractivity contribution in [3.05, 3.63) is 31.5 Å². The van der Waals surface area contributed by atoms with Gasteiger partial charge in [0.15, 0.2) is 0 Å². The predicted octanol–water partition coefficient (Wildman–Crippen LogP) is 2.53. The van der Waals surface area contributed by atoms with E-state index in [1.807, 2.05) is 62.3 Å². The number of carbonyl (C=O) groups excluding carboxylic acids is 3. The van der Waals surface area contributed by atoms with Crippen molar-refractivity contribution in [2.45, 2.75) is 102 Å². The second-order valence-electron chi connectivity index (χ2n) is 13.5. The van der Waals surface area contributed by atoms with Gasteiger partial charge in [-0.15, -0.1) is 0 Å². The van der Waals surface area contributed by atoms with Crippen molar-refractivity contribution in [3.8, 4) is 0 Å². The van der Waals surface area contributed by atoms with Crippen LogP contribution in [0.5, 0.6) is 0 Å². The summed E-state index contributed by atoms with van der Waals surface area (Å²) >= 11 is 0. The van der Waals surface area contributed by atoms with E-state index in [4.69, 9.17) is 14.2 Å². The van der Waals surface area contributed by atoms with Crippen LogP contribution in [0.2, 0.25) is 0 Å². The normalized spacial score (nSPS) is 11.9. The van der Waals surface area contributed by atoms with Crippen molar-refractivity contribution < 1.29 is 28.6 Å². The summed E-state index contributed by atoms with van der Waals surface area (Å²) in [6, 6.07) is 0. The zero-order valence-corrected chi connectivity index (χ0v) is 26.4. The van der Waals surface area contributed by atoms with Gasteiger partial charge >= 0.3 is 35.3 Å². The monoisotopic (exact) mass is 600 g/mol. The Kier molecular flexibility index (Phi) is 13.3. The van der Waals surface area contributed by atoms with Gasteiger partial charge in [0.05, 0.1) is 19.8 Å². The number of rotatable bonds is 12. The molecule has 1 aromatic rings. The summed E-state index contributed by atoms with van der Waals surface area (Å²) in [6.07, 6.45) is -0.907. The maximum absolute atomic E-state index is 13.1. The molecule has 3 N–H and O–H groups in total. The van der Waals surface area contributed by atoms with Gasteiger partial charge in [-0.25, -0.2) is 42.5 Å². The molecule has 0 spiro atoms. The summed E-state index contributed by atoms with van der Waals surface area (Å²) in [5.41, 5.74) is -3.58. The van der Waals surface area contributed by atoms with Crippen LogP contribution in [-0.4, -0.2) is 51.8 Å². The molecule has 1 aromatic heterocycles. The Labute approximate surface area is 245 Å². The van der Waals surface area contributed by atoms with Crippen LogP contribution in [0.1, 0.15) is 81.6 Å². The van der Waals surface area contributed by atoms with Crippen molar-refractivity contribution in [2.75, 3.05) is 19.8 Å². The van der Waals surface area contributed by atoms with E-state index in [1.54, 1.807) is 0 Å². The van der Waals surface area contributed by atoms with Gasteiger partial charge in [-0.2, -0.15) is 0 Å². The third-order valence-corrected chi connectivity index (χ3v) is 5.79. The maximum atomic E-state index is 13.1. The van der Waals surface area contributed by atoms with E-state index in [2.05, 4.69) is 16.0 Å². The van der Waals surface area contributed by atoms with Gasteiger partial charge < -0.3 is 30.2 Å². The standard InChI is InChI=1S/C27H48N6O9/c1-25(2,3)10-13-40-19(34)28-16-31-22(37)32(17-29-20(35)41-14-11-26(4,5)6)24(39)33(23(31)38)18-30-21(36)42-15-12-27(7,8)9/h10-18H2,1-9H3,(H,28,34)(H,29,35)(H,30,36). The second kappa shape index (κ2) is 15.4.